The Hall–Kier alpha value is -0.920. The normalized spacial score (nSPS) is 11.6. The van der Waals surface area contributed by atoms with Crippen molar-refractivity contribution >= 4 is 43.0 Å². The number of anilines is 1. The molecule has 7 heteroatoms. The molecular weight excluding hydrogens is 348 g/mol. The lowest BCUT2D eigenvalue weighted by molar-refractivity contribution is 0.601. The number of nitrogens with one attached hydrogen (secondary N) is 1. The van der Waals surface area contributed by atoms with E-state index in [9.17, 15) is 8.42 Å². The molecule has 2 heterocycles. The second-order valence-corrected chi connectivity index (χ2v) is 8.08. The number of halogens is 1. The van der Waals surface area contributed by atoms with Crippen molar-refractivity contribution in [2.45, 2.75) is 25.7 Å². The number of aryl methyl sites for hydroxylation is 3. The summed E-state index contributed by atoms with van der Waals surface area (Å²) < 4.78 is 27.8. The molecule has 2 aromatic heterocycles. The fraction of sp³-hybridized carbons (Fsp3) is 0.250. The van der Waals surface area contributed by atoms with Gasteiger partial charge in [-0.25, -0.2) is 13.4 Å². The first kappa shape index (κ1) is 14.5. The summed E-state index contributed by atoms with van der Waals surface area (Å²) in [5, 5.41) is 0. The molecule has 4 nitrogen and oxygen atoms in total. The smallest absolute Gasteiger partial charge is 0.263 e. The predicted molar refractivity (Wildman–Crippen MR) is 81.3 cm³/mol. The van der Waals surface area contributed by atoms with Crippen LogP contribution in [-0.2, 0) is 10.0 Å². The Morgan fingerprint density at radius 3 is 2.47 bits per heavy atom. The number of nitrogens with zero attached hydrogens (tertiary/aromatic N) is 1. The molecule has 0 bridgehead atoms. The Morgan fingerprint density at radius 1 is 1.26 bits per heavy atom. The highest BCUT2D eigenvalue weighted by atomic mass is 79.9. The Bertz CT molecular complexity index is 723. The van der Waals surface area contributed by atoms with Gasteiger partial charge in [-0.3, -0.25) is 4.72 Å². The quantitative estimate of drug-likeness (QED) is 0.850. The van der Waals surface area contributed by atoms with Crippen LogP contribution < -0.4 is 4.72 Å². The SMILES string of the molecule is Cc1cc(S(=O)(=O)Nc2cnc(Br)c(C)c2)c(C)s1. The van der Waals surface area contributed by atoms with Gasteiger partial charge in [0.05, 0.1) is 11.9 Å². The second kappa shape index (κ2) is 5.22. The molecule has 0 aliphatic heterocycles. The molecule has 0 amide bonds. The van der Waals surface area contributed by atoms with Crippen molar-refractivity contribution in [2.24, 2.45) is 0 Å². The third-order valence-corrected chi connectivity index (χ3v) is 5.98. The first-order valence-electron chi connectivity index (χ1n) is 5.51. The molecular formula is C12H13BrN2O2S2. The summed E-state index contributed by atoms with van der Waals surface area (Å²) in [5.74, 6) is 0. The second-order valence-electron chi connectivity index (χ2n) is 4.21. The number of thiophene rings is 1. The number of hydrogen-bond donors (Lipinski definition) is 1. The molecule has 0 saturated heterocycles. The van der Waals surface area contributed by atoms with Gasteiger partial charge in [-0.05, 0) is 54.4 Å². The number of rotatable bonds is 3. The van der Waals surface area contributed by atoms with E-state index in [1.807, 2.05) is 13.8 Å². The number of hydrogen-bond acceptors (Lipinski definition) is 4. The molecule has 1 N–H and O–H groups in total. The maximum Gasteiger partial charge on any atom is 0.263 e. The molecule has 0 spiro atoms. The van der Waals surface area contributed by atoms with Gasteiger partial charge < -0.3 is 0 Å². The van der Waals surface area contributed by atoms with Gasteiger partial charge in [0.1, 0.15) is 9.50 Å². The van der Waals surface area contributed by atoms with Crippen LogP contribution in [0.3, 0.4) is 0 Å². The van der Waals surface area contributed by atoms with Crippen LogP contribution in [0.2, 0.25) is 0 Å². The lowest BCUT2D eigenvalue weighted by atomic mass is 10.3. The summed E-state index contributed by atoms with van der Waals surface area (Å²) in [7, 11) is -3.55. The Labute approximate surface area is 125 Å². The van der Waals surface area contributed by atoms with Gasteiger partial charge in [0, 0.05) is 9.75 Å². The van der Waals surface area contributed by atoms with Crippen LogP contribution in [0.4, 0.5) is 5.69 Å². The van der Waals surface area contributed by atoms with Gasteiger partial charge in [-0.15, -0.1) is 11.3 Å². The van der Waals surface area contributed by atoms with E-state index in [0.29, 0.717) is 15.2 Å². The van der Waals surface area contributed by atoms with Crippen molar-refractivity contribution in [1.82, 2.24) is 4.98 Å². The van der Waals surface area contributed by atoms with E-state index in [2.05, 4.69) is 25.6 Å². The van der Waals surface area contributed by atoms with Crippen LogP contribution >= 0.6 is 27.3 Å². The van der Waals surface area contributed by atoms with E-state index in [-0.39, 0.29) is 0 Å². The molecule has 0 atom stereocenters. The van der Waals surface area contributed by atoms with Gasteiger partial charge >= 0.3 is 0 Å². The van der Waals surface area contributed by atoms with Gasteiger partial charge in [-0.1, -0.05) is 0 Å². The number of pyridine rings is 1. The van der Waals surface area contributed by atoms with Crippen LogP contribution in [-0.4, -0.2) is 13.4 Å². The fourth-order valence-corrected chi connectivity index (χ4v) is 4.51. The third kappa shape index (κ3) is 3.16. The molecule has 102 valence electrons. The molecule has 0 saturated carbocycles. The highest BCUT2D eigenvalue weighted by Crippen LogP contribution is 2.27. The molecule has 0 radical (unpaired) electrons. The fourth-order valence-electron chi connectivity index (χ4n) is 1.70. The van der Waals surface area contributed by atoms with E-state index >= 15 is 0 Å². The molecule has 0 unspecified atom stereocenters. The molecule has 2 rings (SSSR count). The van der Waals surface area contributed by atoms with Crippen molar-refractivity contribution in [1.29, 1.82) is 0 Å². The summed E-state index contributed by atoms with van der Waals surface area (Å²) in [6.07, 6.45) is 1.49. The van der Waals surface area contributed by atoms with Crippen LogP contribution in [0.25, 0.3) is 0 Å². The predicted octanol–water partition coefficient (Wildman–Crippen LogP) is 3.63. The zero-order valence-corrected chi connectivity index (χ0v) is 13.9. The number of sulfonamides is 1. The molecule has 0 aliphatic carbocycles. The summed E-state index contributed by atoms with van der Waals surface area (Å²) >= 11 is 4.75. The van der Waals surface area contributed by atoms with Crippen LogP contribution in [0.5, 0.6) is 0 Å². The molecule has 19 heavy (non-hydrogen) atoms. The lowest BCUT2D eigenvalue weighted by Crippen LogP contribution is -2.13. The number of aromatic nitrogens is 1. The summed E-state index contributed by atoms with van der Waals surface area (Å²) in [6, 6.07) is 3.42. The zero-order valence-electron chi connectivity index (χ0n) is 10.7. The monoisotopic (exact) mass is 360 g/mol. The maximum absolute atomic E-state index is 12.3. The van der Waals surface area contributed by atoms with Gasteiger partial charge in [0.25, 0.3) is 10.0 Å². The van der Waals surface area contributed by atoms with E-state index in [0.717, 1.165) is 15.3 Å². The lowest BCUT2D eigenvalue weighted by Gasteiger charge is -2.08. The minimum absolute atomic E-state index is 0.329. The highest BCUT2D eigenvalue weighted by Gasteiger charge is 2.19. The van der Waals surface area contributed by atoms with E-state index in [4.69, 9.17) is 0 Å². The van der Waals surface area contributed by atoms with Gasteiger partial charge in [0.2, 0.25) is 0 Å². The first-order chi connectivity index (χ1) is 8.79. The average Bonchev–Trinajstić information content (AvgIpc) is 2.63. The summed E-state index contributed by atoms with van der Waals surface area (Å²) in [6.45, 7) is 5.55. The van der Waals surface area contributed by atoms with Crippen molar-refractivity contribution in [2.75, 3.05) is 4.72 Å². The topological polar surface area (TPSA) is 59.1 Å². The average molecular weight is 361 g/mol. The van der Waals surface area contributed by atoms with Crippen molar-refractivity contribution < 1.29 is 8.42 Å². The zero-order chi connectivity index (χ0) is 14.2. The molecule has 0 fully saturated rings. The van der Waals surface area contributed by atoms with Gasteiger partial charge in [0.15, 0.2) is 0 Å². The standard InChI is InChI=1S/C12H13BrN2O2S2/c1-7-4-10(6-14-12(7)13)15-19(16,17)11-5-8(2)18-9(11)3/h4-6,15H,1-3H3. The largest absolute Gasteiger partial charge is 0.278 e. The first-order valence-corrected chi connectivity index (χ1v) is 8.61. The third-order valence-electron chi connectivity index (χ3n) is 2.55. The van der Waals surface area contributed by atoms with Crippen LogP contribution in [0, 0.1) is 20.8 Å². The maximum atomic E-state index is 12.3. The summed E-state index contributed by atoms with van der Waals surface area (Å²) in [4.78, 5) is 6.16. The van der Waals surface area contributed by atoms with E-state index in [1.165, 1.54) is 17.5 Å². The van der Waals surface area contributed by atoms with E-state index in [1.54, 1.807) is 19.1 Å². The van der Waals surface area contributed by atoms with Crippen LogP contribution in [0.1, 0.15) is 15.3 Å². The van der Waals surface area contributed by atoms with Crippen molar-refractivity contribution in [3.63, 3.8) is 0 Å². The van der Waals surface area contributed by atoms with Crippen LogP contribution in [0.15, 0.2) is 27.8 Å². The van der Waals surface area contributed by atoms with Crippen molar-refractivity contribution in [3.05, 3.63) is 38.3 Å². The Morgan fingerprint density at radius 2 is 1.95 bits per heavy atom. The molecule has 0 aromatic carbocycles. The summed E-state index contributed by atoms with van der Waals surface area (Å²) in [5.41, 5.74) is 1.34. The minimum Gasteiger partial charge on any atom is -0.278 e. The van der Waals surface area contributed by atoms with E-state index < -0.39 is 10.0 Å². The Balaban J connectivity index is 2.36. The Kier molecular flexibility index (Phi) is 3.98. The minimum atomic E-state index is -3.55. The molecule has 2 aromatic rings. The highest BCUT2D eigenvalue weighted by molar-refractivity contribution is 9.10. The van der Waals surface area contributed by atoms with Crippen molar-refractivity contribution in [3.8, 4) is 0 Å². The van der Waals surface area contributed by atoms with Gasteiger partial charge in [-0.2, -0.15) is 0 Å². The molecule has 0 aliphatic rings.